The predicted molar refractivity (Wildman–Crippen MR) is 86.6 cm³/mol. The highest BCUT2D eigenvalue weighted by atomic mass is 16.3. The van der Waals surface area contributed by atoms with Gasteiger partial charge in [0.15, 0.2) is 0 Å². The molecule has 0 aliphatic heterocycles. The van der Waals surface area contributed by atoms with Crippen LogP contribution < -0.4 is 15.5 Å². The van der Waals surface area contributed by atoms with Crippen molar-refractivity contribution in [2.24, 2.45) is 0 Å². The fourth-order valence-corrected chi connectivity index (χ4v) is 1.78. The number of amides is 2. The molecule has 6 heteroatoms. The van der Waals surface area contributed by atoms with Crippen LogP contribution in [0.15, 0.2) is 24.3 Å². The first kappa shape index (κ1) is 18.0. The summed E-state index contributed by atoms with van der Waals surface area (Å²) in [7, 11) is 3.86. The highest BCUT2D eigenvalue weighted by Crippen LogP contribution is 2.17. The van der Waals surface area contributed by atoms with Crippen molar-refractivity contribution in [1.29, 1.82) is 0 Å². The molecule has 122 valence electrons. The van der Waals surface area contributed by atoms with E-state index in [1.54, 1.807) is 32.9 Å². The Bertz CT molecular complexity index is 518. The number of anilines is 1. The Morgan fingerprint density at radius 1 is 1.14 bits per heavy atom. The van der Waals surface area contributed by atoms with E-state index in [-0.39, 0.29) is 6.54 Å². The molecule has 1 aromatic rings. The number of nitrogens with one attached hydrogen (secondary N) is 2. The third kappa shape index (κ3) is 5.73. The minimum Gasteiger partial charge on any atom is -0.387 e. The molecule has 1 unspecified atom stereocenters. The molecule has 0 saturated heterocycles. The first-order valence-corrected chi connectivity index (χ1v) is 7.16. The summed E-state index contributed by atoms with van der Waals surface area (Å²) in [6, 6.07) is 7.35. The number of carbonyl (C=O) groups is 2. The zero-order valence-corrected chi connectivity index (χ0v) is 13.8. The third-order valence-electron chi connectivity index (χ3n) is 2.94. The van der Waals surface area contributed by atoms with Crippen LogP contribution in [0.3, 0.4) is 0 Å². The van der Waals surface area contributed by atoms with Gasteiger partial charge in [0.05, 0.1) is 6.10 Å². The number of hydrogen-bond acceptors (Lipinski definition) is 4. The number of aliphatic hydroxyl groups is 1. The Balaban J connectivity index is 2.53. The summed E-state index contributed by atoms with van der Waals surface area (Å²) >= 11 is 0. The lowest BCUT2D eigenvalue weighted by Crippen LogP contribution is -2.48. The molecular weight excluding hydrogens is 282 g/mol. The van der Waals surface area contributed by atoms with Crippen molar-refractivity contribution in [2.45, 2.75) is 32.4 Å². The molecule has 1 aromatic carbocycles. The smallest absolute Gasteiger partial charge is 0.309 e. The van der Waals surface area contributed by atoms with Crippen molar-refractivity contribution in [3.05, 3.63) is 29.8 Å². The third-order valence-corrected chi connectivity index (χ3v) is 2.94. The SMILES string of the molecule is CN(C)c1ccc(C(O)CNC(=O)C(=O)NC(C)(C)C)cc1. The summed E-state index contributed by atoms with van der Waals surface area (Å²) in [4.78, 5) is 25.2. The molecule has 6 nitrogen and oxygen atoms in total. The fraction of sp³-hybridized carbons (Fsp3) is 0.500. The lowest BCUT2D eigenvalue weighted by atomic mass is 10.1. The topological polar surface area (TPSA) is 81.7 Å². The second-order valence-corrected chi connectivity index (χ2v) is 6.42. The Labute approximate surface area is 131 Å². The fourth-order valence-electron chi connectivity index (χ4n) is 1.78. The van der Waals surface area contributed by atoms with Gasteiger partial charge in [0, 0.05) is 31.9 Å². The molecule has 0 radical (unpaired) electrons. The van der Waals surface area contributed by atoms with Gasteiger partial charge in [0.2, 0.25) is 0 Å². The van der Waals surface area contributed by atoms with Crippen molar-refractivity contribution in [1.82, 2.24) is 10.6 Å². The van der Waals surface area contributed by atoms with E-state index in [0.29, 0.717) is 5.56 Å². The van der Waals surface area contributed by atoms with Gasteiger partial charge >= 0.3 is 11.8 Å². The second-order valence-electron chi connectivity index (χ2n) is 6.42. The summed E-state index contributed by atoms with van der Waals surface area (Å²) in [5.41, 5.74) is 1.22. The Hall–Kier alpha value is -2.08. The summed E-state index contributed by atoms with van der Waals surface area (Å²) < 4.78 is 0. The van der Waals surface area contributed by atoms with Crippen molar-refractivity contribution in [3.8, 4) is 0 Å². The van der Waals surface area contributed by atoms with Crippen LogP contribution in [0.25, 0.3) is 0 Å². The molecular formula is C16H25N3O3. The molecule has 1 atom stereocenters. The molecule has 2 amide bonds. The van der Waals surface area contributed by atoms with Gasteiger partial charge in [-0.15, -0.1) is 0 Å². The zero-order chi connectivity index (χ0) is 16.9. The van der Waals surface area contributed by atoms with Gasteiger partial charge in [-0.05, 0) is 38.5 Å². The standard InChI is InChI=1S/C16H25N3O3/c1-16(2,3)18-15(22)14(21)17-10-13(20)11-6-8-12(9-7-11)19(4)5/h6-9,13,20H,10H2,1-5H3,(H,17,21)(H,18,22). The van der Waals surface area contributed by atoms with Crippen LogP contribution in [0.4, 0.5) is 5.69 Å². The van der Waals surface area contributed by atoms with Crippen LogP contribution >= 0.6 is 0 Å². The quantitative estimate of drug-likeness (QED) is 0.719. The van der Waals surface area contributed by atoms with Gasteiger partial charge in [0.25, 0.3) is 0 Å². The van der Waals surface area contributed by atoms with Crippen LogP contribution in [0, 0.1) is 0 Å². The minimum absolute atomic E-state index is 0.0162. The maximum Gasteiger partial charge on any atom is 0.309 e. The highest BCUT2D eigenvalue weighted by Gasteiger charge is 2.20. The number of benzene rings is 1. The molecule has 0 spiro atoms. The van der Waals surface area contributed by atoms with E-state index in [2.05, 4.69) is 10.6 Å². The van der Waals surface area contributed by atoms with Crippen LogP contribution in [0.2, 0.25) is 0 Å². The monoisotopic (exact) mass is 307 g/mol. The van der Waals surface area contributed by atoms with Crippen LogP contribution in [0.5, 0.6) is 0 Å². The van der Waals surface area contributed by atoms with Crippen LogP contribution in [-0.2, 0) is 9.59 Å². The van der Waals surface area contributed by atoms with Gasteiger partial charge in [-0.1, -0.05) is 12.1 Å². The molecule has 0 bridgehead atoms. The maximum atomic E-state index is 11.7. The predicted octanol–water partition coefficient (Wildman–Crippen LogP) is 0.817. The lowest BCUT2D eigenvalue weighted by Gasteiger charge is -2.20. The van der Waals surface area contributed by atoms with Gasteiger partial charge < -0.3 is 20.6 Å². The van der Waals surface area contributed by atoms with E-state index in [4.69, 9.17) is 0 Å². The first-order valence-electron chi connectivity index (χ1n) is 7.16. The zero-order valence-electron chi connectivity index (χ0n) is 13.8. The highest BCUT2D eigenvalue weighted by molar-refractivity contribution is 6.35. The van der Waals surface area contributed by atoms with Crippen LogP contribution in [-0.4, -0.2) is 43.1 Å². The Morgan fingerprint density at radius 2 is 1.68 bits per heavy atom. The molecule has 1 rings (SSSR count). The molecule has 3 N–H and O–H groups in total. The first-order chi connectivity index (χ1) is 10.1. The average Bonchev–Trinajstić information content (AvgIpc) is 2.42. The molecule has 0 aliphatic rings. The summed E-state index contributed by atoms with van der Waals surface area (Å²) in [6.45, 7) is 5.36. The van der Waals surface area contributed by atoms with Gasteiger partial charge in [0.1, 0.15) is 0 Å². The van der Waals surface area contributed by atoms with Crippen molar-refractivity contribution in [2.75, 3.05) is 25.5 Å². The molecule has 0 fully saturated rings. The average molecular weight is 307 g/mol. The summed E-state index contributed by atoms with van der Waals surface area (Å²) in [5.74, 6) is -1.46. The lowest BCUT2D eigenvalue weighted by molar-refractivity contribution is -0.140. The molecule has 0 aliphatic carbocycles. The van der Waals surface area contributed by atoms with Gasteiger partial charge in [-0.2, -0.15) is 0 Å². The van der Waals surface area contributed by atoms with E-state index in [9.17, 15) is 14.7 Å². The molecule has 22 heavy (non-hydrogen) atoms. The van der Waals surface area contributed by atoms with E-state index in [1.165, 1.54) is 0 Å². The Morgan fingerprint density at radius 3 is 2.14 bits per heavy atom. The second kappa shape index (κ2) is 7.26. The molecule has 0 aromatic heterocycles. The van der Waals surface area contributed by atoms with Gasteiger partial charge in [-0.25, -0.2) is 0 Å². The normalized spacial score (nSPS) is 12.5. The van der Waals surface area contributed by atoms with E-state index >= 15 is 0 Å². The van der Waals surface area contributed by atoms with E-state index in [1.807, 2.05) is 31.1 Å². The summed E-state index contributed by atoms with van der Waals surface area (Å²) in [6.07, 6.45) is -0.859. The Kier molecular flexibility index (Phi) is 5.93. The van der Waals surface area contributed by atoms with E-state index in [0.717, 1.165) is 5.69 Å². The van der Waals surface area contributed by atoms with Crippen LogP contribution in [0.1, 0.15) is 32.4 Å². The number of nitrogens with zero attached hydrogens (tertiary/aromatic N) is 1. The maximum absolute atomic E-state index is 11.7. The number of aliphatic hydroxyl groups excluding tert-OH is 1. The van der Waals surface area contributed by atoms with Crippen molar-refractivity contribution in [3.63, 3.8) is 0 Å². The molecule has 0 heterocycles. The van der Waals surface area contributed by atoms with Crippen molar-refractivity contribution < 1.29 is 14.7 Å². The molecule has 0 saturated carbocycles. The van der Waals surface area contributed by atoms with Crippen molar-refractivity contribution >= 4 is 17.5 Å². The summed E-state index contributed by atoms with van der Waals surface area (Å²) in [5, 5.41) is 15.0. The van der Waals surface area contributed by atoms with Gasteiger partial charge in [-0.3, -0.25) is 9.59 Å². The number of rotatable bonds is 4. The number of hydrogen-bond donors (Lipinski definition) is 3. The van der Waals surface area contributed by atoms with E-state index < -0.39 is 23.5 Å². The largest absolute Gasteiger partial charge is 0.387 e. The number of carbonyl (C=O) groups excluding carboxylic acids is 2. The minimum atomic E-state index is -0.859.